The second-order valence-electron chi connectivity index (χ2n) is 4.88. The fourth-order valence-corrected chi connectivity index (χ4v) is 2.24. The average Bonchev–Trinajstić information content (AvgIpc) is 2.80. The van der Waals surface area contributed by atoms with Crippen LogP contribution in [-0.4, -0.2) is 22.7 Å². The molecule has 0 aliphatic rings. The summed E-state index contributed by atoms with van der Waals surface area (Å²) in [6.45, 7) is 5.02. The molecule has 0 atom stereocenters. The van der Waals surface area contributed by atoms with Crippen molar-refractivity contribution in [3.8, 4) is 0 Å². The lowest BCUT2D eigenvalue weighted by molar-refractivity contribution is 0.369. The Bertz CT molecular complexity index is 569. The second kappa shape index (κ2) is 7.07. The molecule has 1 heterocycles. The maximum atomic E-state index is 6.12. The topological polar surface area (TPSA) is 51.0 Å². The van der Waals surface area contributed by atoms with Gasteiger partial charge in [-0.15, -0.1) is 0 Å². The van der Waals surface area contributed by atoms with Crippen LogP contribution in [0.4, 0.5) is 0 Å². The molecule has 0 fully saturated rings. The van der Waals surface area contributed by atoms with Crippen molar-refractivity contribution in [2.75, 3.05) is 6.54 Å². The van der Waals surface area contributed by atoms with Crippen LogP contribution >= 0.6 is 23.2 Å². The van der Waals surface area contributed by atoms with Gasteiger partial charge in [0, 0.05) is 35.5 Å². The molecule has 4 nitrogen and oxygen atoms in total. The lowest BCUT2D eigenvalue weighted by Crippen LogP contribution is -2.25. The number of benzene rings is 1. The molecule has 6 heteroatoms. The van der Waals surface area contributed by atoms with Crippen LogP contribution < -0.4 is 5.32 Å². The maximum absolute atomic E-state index is 6.12. The molecule has 0 bridgehead atoms. The SMILES string of the molecule is CC(C)NCCc1nc(Cc2ccc(Cl)cc2Cl)no1. The van der Waals surface area contributed by atoms with Crippen molar-refractivity contribution in [2.24, 2.45) is 0 Å². The van der Waals surface area contributed by atoms with Crippen molar-refractivity contribution in [1.82, 2.24) is 15.5 Å². The Morgan fingerprint density at radius 1 is 1.30 bits per heavy atom. The Hall–Kier alpha value is -1.10. The molecule has 1 N–H and O–H groups in total. The smallest absolute Gasteiger partial charge is 0.227 e. The standard InChI is InChI=1S/C14H17Cl2N3O/c1-9(2)17-6-5-14-18-13(19-20-14)7-10-3-4-11(15)8-12(10)16/h3-4,8-9,17H,5-7H2,1-2H3. The molecule has 0 aliphatic carbocycles. The highest BCUT2D eigenvalue weighted by atomic mass is 35.5. The van der Waals surface area contributed by atoms with Gasteiger partial charge in [-0.25, -0.2) is 0 Å². The summed E-state index contributed by atoms with van der Waals surface area (Å²) in [6, 6.07) is 5.84. The van der Waals surface area contributed by atoms with Crippen molar-refractivity contribution in [2.45, 2.75) is 32.7 Å². The summed E-state index contributed by atoms with van der Waals surface area (Å²) in [7, 11) is 0. The quantitative estimate of drug-likeness (QED) is 0.886. The lowest BCUT2D eigenvalue weighted by atomic mass is 10.1. The Balaban J connectivity index is 1.95. The molecule has 0 radical (unpaired) electrons. The number of nitrogens with one attached hydrogen (secondary N) is 1. The predicted molar refractivity (Wildman–Crippen MR) is 80.4 cm³/mol. The van der Waals surface area contributed by atoms with Gasteiger partial charge in [-0.2, -0.15) is 4.98 Å². The van der Waals surface area contributed by atoms with Gasteiger partial charge in [0.15, 0.2) is 5.82 Å². The molecule has 2 aromatic rings. The third-order valence-corrected chi connectivity index (χ3v) is 3.35. The Kier molecular flexibility index (Phi) is 5.40. The molecule has 0 saturated heterocycles. The van der Waals surface area contributed by atoms with Gasteiger partial charge in [0.25, 0.3) is 0 Å². The molecule has 0 spiro atoms. The number of halogens is 2. The van der Waals surface area contributed by atoms with E-state index in [0.29, 0.717) is 34.2 Å². The first-order chi connectivity index (χ1) is 9.54. The number of hydrogen-bond acceptors (Lipinski definition) is 4. The molecular formula is C14H17Cl2N3O. The molecule has 0 aliphatic heterocycles. The van der Waals surface area contributed by atoms with Crippen molar-refractivity contribution >= 4 is 23.2 Å². The van der Waals surface area contributed by atoms with E-state index in [4.69, 9.17) is 27.7 Å². The third kappa shape index (κ3) is 4.47. The van der Waals surface area contributed by atoms with Crippen molar-refractivity contribution in [3.63, 3.8) is 0 Å². The minimum Gasteiger partial charge on any atom is -0.339 e. The number of aromatic nitrogens is 2. The van der Waals surface area contributed by atoms with Crippen molar-refractivity contribution in [3.05, 3.63) is 45.5 Å². The van der Waals surface area contributed by atoms with E-state index >= 15 is 0 Å². The van der Waals surface area contributed by atoms with E-state index < -0.39 is 0 Å². The molecule has 1 aromatic carbocycles. The van der Waals surface area contributed by atoms with Crippen LogP contribution in [0.1, 0.15) is 31.1 Å². The zero-order valence-electron chi connectivity index (χ0n) is 11.5. The second-order valence-corrected chi connectivity index (χ2v) is 5.72. The van der Waals surface area contributed by atoms with Gasteiger partial charge in [0.2, 0.25) is 5.89 Å². The maximum Gasteiger partial charge on any atom is 0.227 e. The van der Waals surface area contributed by atoms with Crippen LogP contribution in [0.5, 0.6) is 0 Å². The molecule has 0 amide bonds. The lowest BCUT2D eigenvalue weighted by Gasteiger charge is -2.04. The monoisotopic (exact) mass is 313 g/mol. The van der Waals surface area contributed by atoms with E-state index in [2.05, 4.69) is 29.3 Å². The molecule has 1 aromatic heterocycles. The summed E-state index contributed by atoms with van der Waals surface area (Å²) < 4.78 is 5.21. The van der Waals surface area contributed by atoms with Crippen molar-refractivity contribution in [1.29, 1.82) is 0 Å². The largest absolute Gasteiger partial charge is 0.339 e. The Morgan fingerprint density at radius 3 is 2.80 bits per heavy atom. The number of rotatable bonds is 6. The summed E-state index contributed by atoms with van der Waals surface area (Å²) in [5, 5.41) is 8.51. The van der Waals surface area contributed by atoms with E-state index in [0.717, 1.165) is 18.5 Å². The van der Waals surface area contributed by atoms with E-state index in [1.54, 1.807) is 12.1 Å². The van der Waals surface area contributed by atoms with Crippen LogP contribution in [0.25, 0.3) is 0 Å². The van der Waals surface area contributed by atoms with Crippen molar-refractivity contribution < 1.29 is 4.52 Å². The van der Waals surface area contributed by atoms with Crippen LogP contribution in [0.2, 0.25) is 10.0 Å². The Labute approximate surface area is 128 Å². The highest BCUT2D eigenvalue weighted by Gasteiger charge is 2.09. The van der Waals surface area contributed by atoms with Crippen LogP contribution in [0.15, 0.2) is 22.7 Å². The van der Waals surface area contributed by atoms with Crippen LogP contribution in [-0.2, 0) is 12.8 Å². The first-order valence-corrected chi connectivity index (χ1v) is 7.29. The molecule has 20 heavy (non-hydrogen) atoms. The first kappa shape index (κ1) is 15.3. The first-order valence-electron chi connectivity index (χ1n) is 6.53. The third-order valence-electron chi connectivity index (χ3n) is 2.77. The van der Waals surface area contributed by atoms with E-state index in [9.17, 15) is 0 Å². The van der Waals surface area contributed by atoms with E-state index in [1.165, 1.54) is 0 Å². The zero-order chi connectivity index (χ0) is 14.5. The fraction of sp³-hybridized carbons (Fsp3) is 0.429. The van der Waals surface area contributed by atoms with Gasteiger partial charge in [-0.1, -0.05) is 48.3 Å². The minimum atomic E-state index is 0.449. The van der Waals surface area contributed by atoms with Gasteiger partial charge in [0.05, 0.1) is 0 Å². The molecule has 0 unspecified atom stereocenters. The number of nitrogens with zero attached hydrogens (tertiary/aromatic N) is 2. The molecule has 108 valence electrons. The highest BCUT2D eigenvalue weighted by Crippen LogP contribution is 2.22. The van der Waals surface area contributed by atoms with E-state index in [1.807, 2.05) is 6.07 Å². The zero-order valence-corrected chi connectivity index (χ0v) is 13.0. The summed E-state index contributed by atoms with van der Waals surface area (Å²) in [6.07, 6.45) is 1.26. The minimum absolute atomic E-state index is 0.449. The van der Waals surface area contributed by atoms with Gasteiger partial charge < -0.3 is 9.84 Å². The summed E-state index contributed by atoms with van der Waals surface area (Å²) >= 11 is 12.0. The predicted octanol–water partition coefficient (Wildman–Crippen LogP) is 3.51. The van der Waals surface area contributed by atoms with Gasteiger partial charge in [0.1, 0.15) is 0 Å². The average molecular weight is 314 g/mol. The summed E-state index contributed by atoms with van der Waals surface area (Å²) in [5.41, 5.74) is 0.934. The van der Waals surface area contributed by atoms with Gasteiger partial charge in [-0.3, -0.25) is 0 Å². The van der Waals surface area contributed by atoms with Crippen LogP contribution in [0, 0.1) is 0 Å². The summed E-state index contributed by atoms with van der Waals surface area (Å²) in [4.78, 5) is 4.36. The molecule has 0 saturated carbocycles. The highest BCUT2D eigenvalue weighted by molar-refractivity contribution is 6.35. The van der Waals surface area contributed by atoms with E-state index in [-0.39, 0.29) is 0 Å². The normalized spacial score (nSPS) is 11.2. The molecule has 2 rings (SSSR count). The fourth-order valence-electron chi connectivity index (χ4n) is 1.77. The van der Waals surface area contributed by atoms with Gasteiger partial charge in [-0.05, 0) is 17.7 Å². The molecular weight excluding hydrogens is 297 g/mol. The Morgan fingerprint density at radius 2 is 2.10 bits per heavy atom. The number of hydrogen-bond donors (Lipinski definition) is 1. The van der Waals surface area contributed by atoms with Crippen LogP contribution in [0.3, 0.4) is 0 Å². The van der Waals surface area contributed by atoms with Gasteiger partial charge >= 0.3 is 0 Å². The summed E-state index contributed by atoms with van der Waals surface area (Å²) in [5.74, 6) is 1.27.